The van der Waals surface area contributed by atoms with Crippen LogP contribution < -0.4 is 0 Å². The summed E-state index contributed by atoms with van der Waals surface area (Å²) in [4.78, 5) is 18.6. The van der Waals surface area contributed by atoms with Gasteiger partial charge in [-0.3, -0.25) is 9.78 Å². The van der Waals surface area contributed by atoms with Gasteiger partial charge in [0.2, 0.25) is 5.91 Å². The fourth-order valence-electron chi connectivity index (χ4n) is 3.08. The number of aliphatic hydroxyl groups is 1. The van der Waals surface area contributed by atoms with Crippen LogP contribution in [0, 0.1) is 5.92 Å². The van der Waals surface area contributed by atoms with Crippen LogP contribution in [-0.4, -0.2) is 39.6 Å². The number of aromatic nitrogens is 1. The summed E-state index contributed by atoms with van der Waals surface area (Å²) in [6.45, 7) is 9.00. The quantitative estimate of drug-likeness (QED) is 0.851. The van der Waals surface area contributed by atoms with E-state index in [1.54, 1.807) is 6.20 Å². The minimum absolute atomic E-state index is 0.0283. The van der Waals surface area contributed by atoms with Gasteiger partial charge in [-0.05, 0) is 38.3 Å². The van der Waals surface area contributed by atoms with Crippen molar-refractivity contribution < 1.29 is 9.90 Å². The number of hydrogen-bond donors (Lipinski definition) is 1. The number of rotatable bonds is 5. The number of likely N-dealkylation sites (tertiary alicyclic amines) is 1. The van der Waals surface area contributed by atoms with Gasteiger partial charge in [0.1, 0.15) is 0 Å². The molecule has 0 spiro atoms. The highest BCUT2D eigenvalue weighted by molar-refractivity contribution is 5.78. The summed E-state index contributed by atoms with van der Waals surface area (Å²) in [6, 6.07) is 5.74. The summed E-state index contributed by atoms with van der Waals surface area (Å²) in [5.41, 5.74) is 1.19. The molecule has 1 saturated heterocycles. The Hall–Kier alpha value is -1.68. The molecule has 2 heterocycles. The highest BCUT2D eigenvalue weighted by Crippen LogP contribution is 2.27. The van der Waals surface area contributed by atoms with Crippen molar-refractivity contribution in [3.63, 3.8) is 0 Å². The minimum Gasteiger partial charge on any atom is -0.389 e. The van der Waals surface area contributed by atoms with E-state index < -0.39 is 5.60 Å². The Bertz CT molecular complexity index is 519. The van der Waals surface area contributed by atoms with E-state index in [1.165, 1.54) is 0 Å². The number of amides is 1. The molecule has 22 heavy (non-hydrogen) atoms. The minimum atomic E-state index is -0.747. The Morgan fingerprint density at radius 1 is 1.45 bits per heavy atom. The number of carbonyl (C=O) groups is 1. The number of nitrogens with zero attached hydrogens (tertiary/aromatic N) is 2. The van der Waals surface area contributed by atoms with Crippen molar-refractivity contribution >= 4 is 5.91 Å². The van der Waals surface area contributed by atoms with Crippen LogP contribution in [0.1, 0.15) is 38.8 Å². The van der Waals surface area contributed by atoms with E-state index in [0.29, 0.717) is 32.4 Å². The zero-order valence-corrected chi connectivity index (χ0v) is 13.6. The lowest BCUT2D eigenvalue weighted by atomic mass is 9.86. The lowest BCUT2D eigenvalue weighted by Crippen LogP contribution is -2.49. The molecule has 1 unspecified atom stereocenters. The smallest absolute Gasteiger partial charge is 0.225 e. The van der Waals surface area contributed by atoms with Crippen LogP contribution in [0.3, 0.4) is 0 Å². The Kier molecular flexibility index (Phi) is 5.35. The van der Waals surface area contributed by atoms with Crippen molar-refractivity contribution in [3.05, 3.63) is 42.2 Å². The van der Waals surface area contributed by atoms with Crippen LogP contribution in [0.4, 0.5) is 0 Å². The number of pyridine rings is 1. The third kappa shape index (κ3) is 4.41. The standard InChI is InChI=1S/C18H26N2O2/c1-14(2)12-15(3)17(21)20-10-7-18(22,8-11-20)13-16-6-4-5-9-19-16/h4-6,9,15,22H,1,7-8,10-13H2,2-3H3. The largest absolute Gasteiger partial charge is 0.389 e. The summed E-state index contributed by atoms with van der Waals surface area (Å²) in [5, 5.41) is 10.7. The molecule has 0 aliphatic carbocycles. The average molecular weight is 302 g/mol. The SMILES string of the molecule is C=C(C)CC(C)C(=O)N1CCC(O)(Cc2ccccn2)CC1. The van der Waals surface area contributed by atoms with Gasteiger partial charge in [-0.15, -0.1) is 6.58 Å². The maximum absolute atomic E-state index is 12.4. The molecule has 1 atom stereocenters. The van der Waals surface area contributed by atoms with Crippen molar-refractivity contribution in [2.45, 2.75) is 45.1 Å². The number of hydrogen-bond acceptors (Lipinski definition) is 3. The second kappa shape index (κ2) is 7.05. The molecule has 0 aromatic carbocycles. The van der Waals surface area contributed by atoms with Gasteiger partial charge in [-0.25, -0.2) is 0 Å². The van der Waals surface area contributed by atoms with Gasteiger partial charge in [0, 0.05) is 37.3 Å². The monoisotopic (exact) mass is 302 g/mol. The Morgan fingerprint density at radius 3 is 2.68 bits per heavy atom. The molecule has 1 aromatic rings. The zero-order chi connectivity index (χ0) is 16.2. The molecule has 2 rings (SSSR count). The Labute approximate surface area is 132 Å². The molecule has 1 N–H and O–H groups in total. The van der Waals surface area contributed by atoms with Crippen molar-refractivity contribution in [2.75, 3.05) is 13.1 Å². The average Bonchev–Trinajstić information content (AvgIpc) is 2.47. The first kappa shape index (κ1) is 16.7. The lowest BCUT2D eigenvalue weighted by Gasteiger charge is -2.39. The Morgan fingerprint density at radius 2 is 2.14 bits per heavy atom. The van der Waals surface area contributed by atoms with Crippen LogP contribution in [0.25, 0.3) is 0 Å². The van der Waals surface area contributed by atoms with Crippen LogP contribution in [0.15, 0.2) is 36.5 Å². The first-order chi connectivity index (χ1) is 10.4. The normalized spacial score (nSPS) is 18.8. The molecule has 0 radical (unpaired) electrons. The number of carbonyl (C=O) groups excluding carboxylic acids is 1. The second-order valence-corrected chi connectivity index (χ2v) is 6.61. The summed E-state index contributed by atoms with van der Waals surface area (Å²) in [7, 11) is 0. The van der Waals surface area contributed by atoms with Gasteiger partial charge in [0.15, 0.2) is 0 Å². The summed E-state index contributed by atoms with van der Waals surface area (Å²) < 4.78 is 0. The molecule has 0 bridgehead atoms. The fourth-order valence-corrected chi connectivity index (χ4v) is 3.08. The molecule has 4 nitrogen and oxygen atoms in total. The molecule has 1 aliphatic heterocycles. The van der Waals surface area contributed by atoms with E-state index in [0.717, 1.165) is 17.7 Å². The molecule has 1 amide bonds. The molecular weight excluding hydrogens is 276 g/mol. The van der Waals surface area contributed by atoms with Crippen molar-refractivity contribution in [1.29, 1.82) is 0 Å². The van der Waals surface area contributed by atoms with Gasteiger partial charge in [0.25, 0.3) is 0 Å². The molecule has 120 valence electrons. The predicted molar refractivity (Wildman–Crippen MR) is 87.3 cm³/mol. The molecule has 1 aromatic heterocycles. The van der Waals surface area contributed by atoms with Gasteiger partial charge in [-0.1, -0.05) is 18.6 Å². The summed E-state index contributed by atoms with van der Waals surface area (Å²) in [6.07, 6.45) is 4.24. The van der Waals surface area contributed by atoms with Crippen molar-refractivity contribution in [3.8, 4) is 0 Å². The zero-order valence-electron chi connectivity index (χ0n) is 13.6. The van der Waals surface area contributed by atoms with E-state index in [1.807, 2.05) is 36.9 Å². The van der Waals surface area contributed by atoms with E-state index >= 15 is 0 Å². The molecular formula is C18H26N2O2. The molecule has 4 heteroatoms. The number of allylic oxidation sites excluding steroid dienone is 1. The van der Waals surface area contributed by atoms with E-state index in [2.05, 4.69) is 11.6 Å². The summed E-state index contributed by atoms with van der Waals surface area (Å²) in [5.74, 6) is 0.141. The van der Waals surface area contributed by atoms with Gasteiger partial charge >= 0.3 is 0 Å². The highest BCUT2D eigenvalue weighted by Gasteiger charge is 2.35. The first-order valence-electron chi connectivity index (χ1n) is 7.95. The third-order valence-electron chi connectivity index (χ3n) is 4.32. The predicted octanol–water partition coefficient (Wildman–Crippen LogP) is 2.58. The van der Waals surface area contributed by atoms with Crippen LogP contribution in [-0.2, 0) is 11.2 Å². The first-order valence-corrected chi connectivity index (χ1v) is 7.95. The fraction of sp³-hybridized carbons (Fsp3) is 0.556. The van der Waals surface area contributed by atoms with Gasteiger partial charge in [0.05, 0.1) is 5.60 Å². The van der Waals surface area contributed by atoms with E-state index in [-0.39, 0.29) is 11.8 Å². The van der Waals surface area contributed by atoms with Gasteiger partial charge in [-0.2, -0.15) is 0 Å². The summed E-state index contributed by atoms with van der Waals surface area (Å²) >= 11 is 0. The Balaban J connectivity index is 1.89. The van der Waals surface area contributed by atoms with Crippen molar-refractivity contribution in [1.82, 2.24) is 9.88 Å². The second-order valence-electron chi connectivity index (χ2n) is 6.61. The molecule has 1 fully saturated rings. The highest BCUT2D eigenvalue weighted by atomic mass is 16.3. The van der Waals surface area contributed by atoms with Crippen LogP contribution in [0.5, 0.6) is 0 Å². The molecule has 1 aliphatic rings. The van der Waals surface area contributed by atoms with E-state index in [4.69, 9.17) is 0 Å². The lowest BCUT2D eigenvalue weighted by molar-refractivity contribution is -0.139. The third-order valence-corrected chi connectivity index (χ3v) is 4.32. The van der Waals surface area contributed by atoms with Gasteiger partial charge < -0.3 is 10.0 Å². The van der Waals surface area contributed by atoms with Crippen LogP contribution >= 0.6 is 0 Å². The number of piperidine rings is 1. The maximum Gasteiger partial charge on any atom is 0.225 e. The van der Waals surface area contributed by atoms with Crippen LogP contribution in [0.2, 0.25) is 0 Å². The van der Waals surface area contributed by atoms with E-state index in [9.17, 15) is 9.90 Å². The topological polar surface area (TPSA) is 53.4 Å². The molecule has 0 saturated carbocycles. The van der Waals surface area contributed by atoms with Crippen molar-refractivity contribution in [2.24, 2.45) is 5.92 Å². The maximum atomic E-state index is 12.4.